The van der Waals surface area contributed by atoms with E-state index in [0.717, 1.165) is 12.2 Å². The van der Waals surface area contributed by atoms with Crippen molar-refractivity contribution in [2.24, 2.45) is 9.98 Å². The number of hydrogen-bond donors (Lipinski definition) is 1. The van der Waals surface area contributed by atoms with Crippen LogP contribution in [0.1, 0.15) is 0 Å². The average molecular weight is 261 g/mol. The lowest BCUT2D eigenvalue weighted by Gasteiger charge is -2.38. The highest BCUT2D eigenvalue weighted by molar-refractivity contribution is 6.35. The molecule has 0 saturated carbocycles. The maximum absolute atomic E-state index is 11.4. The second kappa shape index (κ2) is 3.55. The first-order valence-electron chi connectivity index (χ1n) is 5.18. The van der Waals surface area contributed by atoms with Gasteiger partial charge in [0, 0.05) is 12.2 Å². The van der Waals surface area contributed by atoms with E-state index in [0.29, 0.717) is 11.7 Å². The van der Waals surface area contributed by atoms with Crippen LogP contribution in [0, 0.1) is 0 Å². The van der Waals surface area contributed by atoms with Crippen molar-refractivity contribution in [3.63, 3.8) is 0 Å². The van der Waals surface area contributed by atoms with Crippen LogP contribution in [0.5, 0.6) is 0 Å². The molecular weight excluding hydrogens is 254 g/mol. The molecule has 3 rings (SSSR count). The normalized spacial score (nSPS) is 19.6. The van der Waals surface area contributed by atoms with Crippen LogP contribution < -0.4 is 5.32 Å². The van der Waals surface area contributed by atoms with Crippen LogP contribution in [0.3, 0.4) is 0 Å². The second-order valence-electron chi connectivity index (χ2n) is 3.69. The Morgan fingerprint density at radius 1 is 1.16 bits per heavy atom. The van der Waals surface area contributed by atoms with Crippen molar-refractivity contribution in [2.45, 2.75) is 5.60 Å². The number of esters is 1. The number of amidine groups is 2. The lowest BCUT2D eigenvalue weighted by atomic mass is 9.93. The number of aliphatic imine (C=N–C) groups is 2. The van der Waals surface area contributed by atoms with Crippen molar-refractivity contribution >= 4 is 23.6 Å². The Labute approximate surface area is 106 Å². The van der Waals surface area contributed by atoms with E-state index in [9.17, 15) is 9.59 Å². The molecule has 0 aromatic rings. The summed E-state index contributed by atoms with van der Waals surface area (Å²) in [5, 5.41) is 2.78. The van der Waals surface area contributed by atoms with Crippen molar-refractivity contribution in [1.29, 1.82) is 0 Å². The van der Waals surface area contributed by atoms with E-state index in [1.807, 2.05) is 0 Å². The quantitative estimate of drug-likeness (QED) is 0.316. The van der Waals surface area contributed by atoms with Gasteiger partial charge in [-0.2, -0.15) is 0 Å². The molecule has 0 aliphatic carbocycles. The molecule has 1 fully saturated rings. The van der Waals surface area contributed by atoms with E-state index >= 15 is 0 Å². The minimum absolute atomic E-state index is 0.0293. The summed E-state index contributed by atoms with van der Waals surface area (Å²) in [6.45, 7) is 6.53. The first-order valence-corrected chi connectivity index (χ1v) is 5.18. The highest BCUT2D eigenvalue weighted by atomic mass is 17.2. The Kier molecular flexibility index (Phi) is 2.09. The van der Waals surface area contributed by atoms with E-state index in [1.54, 1.807) is 0 Å². The number of nitrogens with zero attached hydrogens (tertiary/aromatic N) is 2. The van der Waals surface area contributed by atoms with Crippen molar-refractivity contribution in [2.75, 3.05) is 0 Å². The minimum atomic E-state index is -1.35. The van der Waals surface area contributed by atoms with E-state index < -0.39 is 17.5 Å². The van der Waals surface area contributed by atoms with Crippen LogP contribution in [0.15, 0.2) is 46.9 Å². The Balaban J connectivity index is 1.84. The number of nitrogens with one attached hydrogen (secondary N) is 1. The van der Waals surface area contributed by atoms with Crippen LogP contribution in [0.25, 0.3) is 0 Å². The molecule has 1 saturated heterocycles. The van der Waals surface area contributed by atoms with Gasteiger partial charge in [0.1, 0.15) is 0 Å². The predicted molar refractivity (Wildman–Crippen MR) is 61.4 cm³/mol. The summed E-state index contributed by atoms with van der Waals surface area (Å²) >= 11 is 0. The first kappa shape index (κ1) is 11.2. The third-order valence-corrected chi connectivity index (χ3v) is 2.66. The van der Waals surface area contributed by atoms with Gasteiger partial charge in [-0.05, 0) is 0 Å². The smallest absolute Gasteiger partial charge is 0.378 e. The Bertz CT molecular complexity index is 606. The molecule has 1 N–H and O–H groups in total. The maximum atomic E-state index is 11.4. The molecule has 0 spiro atoms. The number of carbonyl (C=O) groups excluding carboxylic acids is 2. The second-order valence-corrected chi connectivity index (χ2v) is 3.69. The topological polar surface area (TPSA) is 98.6 Å². The number of hydrogen-bond acceptors (Lipinski definition) is 8. The van der Waals surface area contributed by atoms with Crippen LogP contribution in [-0.2, 0) is 24.1 Å². The third-order valence-electron chi connectivity index (χ3n) is 2.66. The fourth-order valence-corrected chi connectivity index (χ4v) is 1.81. The SMILES string of the molecule is C=CC(=O)OOC1=C2N=C3NC(=N2)C31OC(=O)C=C. The van der Waals surface area contributed by atoms with Crippen molar-refractivity contribution in [3.8, 4) is 0 Å². The lowest BCUT2D eigenvalue weighted by Crippen LogP contribution is -2.70. The van der Waals surface area contributed by atoms with Gasteiger partial charge in [-0.15, -0.1) is 0 Å². The molecule has 19 heavy (non-hydrogen) atoms. The summed E-state index contributed by atoms with van der Waals surface area (Å²) in [5.41, 5.74) is -1.35. The average Bonchev–Trinajstić information content (AvgIpc) is 2.78. The molecule has 0 amide bonds. The van der Waals surface area contributed by atoms with Crippen molar-refractivity contribution < 1.29 is 24.1 Å². The fourth-order valence-electron chi connectivity index (χ4n) is 1.81. The van der Waals surface area contributed by atoms with Crippen molar-refractivity contribution in [3.05, 3.63) is 36.9 Å². The summed E-state index contributed by atoms with van der Waals surface area (Å²) in [6, 6.07) is 0. The number of ether oxygens (including phenoxy) is 1. The van der Waals surface area contributed by atoms with E-state index in [2.05, 4.69) is 33.3 Å². The first-order chi connectivity index (χ1) is 9.11. The zero-order chi connectivity index (χ0) is 13.6. The highest BCUT2D eigenvalue weighted by Crippen LogP contribution is 2.45. The Morgan fingerprint density at radius 2 is 1.79 bits per heavy atom. The number of rotatable bonds is 5. The third kappa shape index (κ3) is 1.27. The van der Waals surface area contributed by atoms with Gasteiger partial charge in [0.15, 0.2) is 11.7 Å². The maximum Gasteiger partial charge on any atom is 0.378 e. The summed E-state index contributed by atoms with van der Waals surface area (Å²) < 4.78 is 5.20. The summed E-state index contributed by atoms with van der Waals surface area (Å²) in [7, 11) is 0. The lowest BCUT2D eigenvalue weighted by molar-refractivity contribution is -0.250. The summed E-state index contributed by atoms with van der Waals surface area (Å²) in [5.74, 6) is -0.541. The van der Waals surface area contributed by atoms with E-state index in [-0.39, 0.29) is 11.6 Å². The Morgan fingerprint density at radius 3 is 2.37 bits per heavy atom. The molecule has 2 bridgehead atoms. The zero-order valence-corrected chi connectivity index (χ0v) is 9.50. The number of carbonyl (C=O) groups is 2. The molecular formula is C11H7N3O5. The monoisotopic (exact) mass is 261 g/mol. The van der Waals surface area contributed by atoms with Crippen LogP contribution in [-0.4, -0.2) is 29.2 Å². The predicted octanol–water partition coefficient (Wildman–Crippen LogP) is -0.288. The minimum Gasteiger partial charge on any atom is -0.431 e. The molecule has 0 atom stereocenters. The molecule has 8 nitrogen and oxygen atoms in total. The molecule has 0 radical (unpaired) electrons. The summed E-state index contributed by atoms with van der Waals surface area (Å²) in [4.78, 5) is 39.7. The molecule has 0 aromatic carbocycles. The van der Waals surface area contributed by atoms with Gasteiger partial charge in [-0.3, -0.25) is 4.89 Å². The summed E-state index contributed by atoms with van der Waals surface area (Å²) in [6.07, 6.45) is 1.93. The molecule has 3 aliphatic heterocycles. The van der Waals surface area contributed by atoms with Gasteiger partial charge in [0.25, 0.3) is 11.4 Å². The van der Waals surface area contributed by atoms with Gasteiger partial charge in [0.05, 0.1) is 0 Å². The largest absolute Gasteiger partial charge is 0.431 e. The van der Waals surface area contributed by atoms with Crippen LogP contribution >= 0.6 is 0 Å². The highest BCUT2D eigenvalue weighted by Gasteiger charge is 2.68. The zero-order valence-electron chi connectivity index (χ0n) is 9.50. The molecule has 0 unspecified atom stereocenters. The van der Waals surface area contributed by atoms with Crippen molar-refractivity contribution in [1.82, 2.24) is 5.32 Å². The van der Waals surface area contributed by atoms with Gasteiger partial charge in [-0.1, -0.05) is 13.2 Å². The molecule has 3 aliphatic rings. The standard InChI is InChI=1S/C11H7N3O5/c1-3-5(15)17-11-7(19-18-6(16)4-2)8-12-9(11)14-10(11)13-8/h3-4H,1-2H2,(H,12,13,14). The van der Waals surface area contributed by atoms with Gasteiger partial charge in [0.2, 0.25) is 5.82 Å². The van der Waals surface area contributed by atoms with E-state index in [4.69, 9.17) is 9.62 Å². The van der Waals surface area contributed by atoms with Gasteiger partial charge < -0.3 is 10.1 Å². The van der Waals surface area contributed by atoms with E-state index in [1.165, 1.54) is 0 Å². The molecule has 96 valence electrons. The molecule has 3 heterocycles. The fraction of sp³-hybridized carbons (Fsp3) is 0.0909. The van der Waals surface area contributed by atoms with Crippen LogP contribution in [0.2, 0.25) is 0 Å². The van der Waals surface area contributed by atoms with Gasteiger partial charge in [-0.25, -0.2) is 24.5 Å². The molecule has 0 aromatic heterocycles. The van der Waals surface area contributed by atoms with Crippen LogP contribution in [0.4, 0.5) is 0 Å². The van der Waals surface area contributed by atoms with Gasteiger partial charge >= 0.3 is 11.9 Å². The molecule has 8 heteroatoms. The Hall–Kier alpha value is -2.90.